The minimum absolute atomic E-state index is 0.0946. The van der Waals surface area contributed by atoms with E-state index in [-0.39, 0.29) is 5.91 Å². The zero-order valence-corrected chi connectivity index (χ0v) is 12.2. The minimum atomic E-state index is 0.0946. The van der Waals surface area contributed by atoms with Crippen molar-refractivity contribution in [2.24, 2.45) is 0 Å². The van der Waals surface area contributed by atoms with Gasteiger partial charge < -0.3 is 10.2 Å². The SMILES string of the molecule is C=C(C)CN(CC)C(=O)c1ccccc1CCNC. The van der Waals surface area contributed by atoms with Gasteiger partial charge in [0.15, 0.2) is 0 Å². The van der Waals surface area contributed by atoms with Crippen LogP contribution >= 0.6 is 0 Å². The van der Waals surface area contributed by atoms with Gasteiger partial charge in [-0.1, -0.05) is 30.4 Å². The van der Waals surface area contributed by atoms with E-state index in [1.165, 1.54) is 0 Å². The van der Waals surface area contributed by atoms with Crippen LogP contribution in [0.1, 0.15) is 29.8 Å². The molecular formula is C16H24N2O. The molecule has 3 heteroatoms. The Balaban J connectivity index is 2.93. The highest BCUT2D eigenvalue weighted by Gasteiger charge is 2.16. The molecule has 0 aliphatic carbocycles. The molecular weight excluding hydrogens is 236 g/mol. The van der Waals surface area contributed by atoms with Crippen LogP contribution in [-0.2, 0) is 6.42 Å². The van der Waals surface area contributed by atoms with Gasteiger partial charge in [-0.05, 0) is 45.5 Å². The van der Waals surface area contributed by atoms with E-state index in [1.54, 1.807) is 0 Å². The van der Waals surface area contributed by atoms with E-state index in [0.29, 0.717) is 13.1 Å². The van der Waals surface area contributed by atoms with E-state index in [4.69, 9.17) is 0 Å². The maximum Gasteiger partial charge on any atom is 0.254 e. The molecule has 1 N–H and O–H groups in total. The minimum Gasteiger partial charge on any atom is -0.335 e. The molecule has 0 unspecified atom stereocenters. The monoisotopic (exact) mass is 260 g/mol. The van der Waals surface area contributed by atoms with Crippen LogP contribution in [0.15, 0.2) is 36.4 Å². The summed E-state index contributed by atoms with van der Waals surface area (Å²) in [5.41, 5.74) is 2.91. The lowest BCUT2D eigenvalue weighted by molar-refractivity contribution is 0.0777. The van der Waals surface area contributed by atoms with Crippen LogP contribution in [0.4, 0.5) is 0 Å². The molecule has 0 atom stereocenters. The standard InChI is InChI=1S/C16H24N2O/c1-5-18(12-13(2)3)16(19)15-9-7-6-8-14(15)10-11-17-4/h6-9,17H,2,5,10-12H2,1,3-4H3. The molecule has 0 heterocycles. The van der Waals surface area contributed by atoms with Crippen LogP contribution < -0.4 is 5.32 Å². The molecule has 0 bridgehead atoms. The number of rotatable bonds is 7. The van der Waals surface area contributed by atoms with Crippen molar-refractivity contribution in [2.45, 2.75) is 20.3 Å². The Hall–Kier alpha value is -1.61. The van der Waals surface area contributed by atoms with E-state index < -0.39 is 0 Å². The van der Waals surface area contributed by atoms with Gasteiger partial charge >= 0.3 is 0 Å². The summed E-state index contributed by atoms with van der Waals surface area (Å²) in [5, 5.41) is 3.12. The molecule has 0 spiro atoms. The fraction of sp³-hybridized carbons (Fsp3) is 0.438. The molecule has 1 amide bonds. The Kier molecular flexibility index (Phi) is 6.30. The van der Waals surface area contributed by atoms with E-state index in [1.807, 2.05) is 50.1 Å². The molecule has 1 rings (SSSR count). The Morgan fingerprint density at radius 3 is 2.63 bits per heavy atom. The molecule has 0 radical (unpaired) electrons. The van der Waals surface area contributed by atoms with Gasteiger partial charge in [-0.15, -0.1) is 0 Å². The number of likely N-dealkylation sites (N-methyl/N-ethyl adjacent to an activating group) is 2. The second-order valence-corrected chi connectivity index (χ2v) is 4.79. The predicted molar refractivity (Wildman–Crippen MR) is 80.5 cm³/mol. The van der Waals surface area contributed by atoms with Crippen molar-refractivity contribution in [3.05, 3.63) is 47.5 Å². The lowest BCUT2D eigenvalue weighted by Crippen LogP contribution is -2.33. The maximum absolute atomic E-state index is 12.6. The zero-order chi connectivity index (χ0) is 14.3. The molecule has 104 valence electrons. The lowest BCUT2D eigenvalue weighted by Gasteiger charge is -2.22. The van der Waals surface area contributed by atoms with E-state index in [0.717, 1.165) is 29.7 Å². The second kappa shape index (κ2) is 7.74. The van der Waals surface area contributed by atoms with Gasteiger partial charge in [0.1, 0.15) is 0 Å². The number of hydrogen-bond acceptors (Lipinski definition) is 2. The average Bonchev–Trinajstić information content (AvgIpc) is 2.41. The number of nitrogens with zero attached hydrogens (tertiary/aromatic N) is 1. The van der Waals surface area contributed by atoms with Crippen molar-refractivity contribution in [1.82, 2.24) is 10.2 Å². The molecule has 19 heavy (non-hydrogen) atoms. The molecule has 0 aliphatic heterocycles. The summed E-state index contributed by atoms with van der Waals surface area (Å²) in [4.78, 5) is 14.4. The Morgan fingerprint density at radius 1 is 1.37 bits per heavy atom. The van der Waals surface area contributed by atoms with Crippen molar-refractivity contribution in [3.8, 4) is 0 Å². The fourth-order valence-corrected chi connectivity index (χ4v) is 2.03. The molecule has 0 aromatic heterocycles. The first-order chi connectivity index (χ1) is 9.10. The van der Waals surface area contributed by atoms with E-state index in [2.05, 4.69) is 11.9 Å². The smallest absolute Gasteiger partial charge is 0.254 e. The van der Waals surface area contributed by atoms with Crippen LogP contribution in [0.3, 0.4) is 0 Å². The first kappa shape index (κ1) is 15.4. The summed E-state index contributed by atoms with van der Waals surface area (Å²) in [7, 11) is 1.92. The third-order valence-corrected chi connectivity index (χ3v) is 3.02. The Labute approximate surface area is 116 Å². The number of hydrogen-bond donors (Lipinski definition) is 1. The van der Waals surface area contributed by atoms with Crippen molar-refractivity contribution < 1.29 is 4.79 Å². The highest BCUT2D eigenvalue weighted by molar-refractivity contribution is 5.95. The molecule has 1 aromatic carbocycles. The van der Waals surface area contributed by atoms with Crippen LogP contribution in [-0.4, -0.2) is 37.5 Å². The normalized spacial score (nSPS) is 10.3. The van der Waals surface area contributed by atoms with Crippen molar-refractivity contribution in [1.29, 1.82) is 0 Å². The van der Waals surface area contributed by atoms with Gasteiger partial charge in [0.2, 0.25) is 0 Å². The summed E-state index contributed by atoms with van der Waals surface area (Å²) in [6.07, 6.45) is 0.864. The topological polar surface area (TPSA) is 32.3 Å². The number of carbonyl (C=O) groups is 1. The highest BCUT2D eigenvalue weighted by atomic mass is 16.2. The second-order valence-electron chi connectivity index (χ2n) is 4.79. The van der Waals surface area contributed by atoms with Crippen LogP contribution in [0, 0.1) is 0 Å². The van der Waals surface area contributed by atoms with Crippen molar-refractivity contribution >= 4 is 5.91 Å². The lowest BCUT2D eigenvalue weighted by atomic mass is 10.0. The predicted octanol–water partition coefficient (Wildman–Crippen LogP) is 2.49. The molecule has 0 saturated heterocycles. The summed E-state index contributed by atoms with van der Waals surface area (Å²) >= 11 is 0. The molecule has 0 fully saturated rings. The molecule has 0 aliphatic rings. The third kappa shape index (κ3) is 4.52. The molecule has 3 nitrogen and oxygen atoms in total. The quantitative estimate of drug-likeness (QED) is 0.764. The molecule has 1 aromatic rings. The van der Waals surface area contributed by atoms with Gasteiger partial charge in [0.05, 0.1) is 0 Å². The first-order valence-electron chi connectivity index (χ1n) is 6.76. The van der Waals surface area contributed by atoms with E-state index in [9.17, 15) is 4.79 Å². The summed E-state index contributed by atoms with van der Waals surface area (Å²) in [5.74, 6) is 0.0946. The van der Waals surface area contributed by atoms with Crippen LogP contribution in [0.2, 0.25) is 0 Å². The zero-order valence-electron chi connectivity index (χ0n) is 12.2. The first-order valence-corrected chi connectivity index (χ1v) is 6.76. The van der Waals surface area contributed by atoms with Gasteiger partial charge in [-0.2, -0.15) is 0 Å². The van der Waals surface area contributed by atoms with Crippen LogP contribution in [0.25, 0.3) is 0 Å². The number of carbonyl (C=O) groups excluding carboxylic acids is 1. The largest absolute Gasteiger partial charge is 0.335 e. The summed E-state index contributed by atoms with van der Waals surface area (Å²) in [6.45, 7) is 10.0. The summed E-state index contributed by atoms with van der Waals surface area (Å²) < 4.78 is 0. The Bertz CT molecular complexity index is 440. The summed E-state index contributed by atoms with van der Waals surface area (Å²) in [6, 6.07) is 7.84. The van der Waals surface area contributed by atoms with E-state index >= 15 is 0 Å². The maximum atomic E-state index is 12.6. The fourth-order valence-electron chi connectivity index (χ4n) is 2.03. The third-order valence-electron chi connectivity index (χ3n) is 3.02. The Morgan fingerprint density at radius 2 is 2.05 bits per heavy atom. The van der Waals surface area contributed by atoms with Gasteiger partial charge in [0.25, 0.3) is 5.91 Å². The van der Waals surface area contributed by atoms with Crippen LogP contribution in [0.5, 0.6) is 0 Å². The van der Waals surface area contributed by atoms with Gasteiger partial charge in [0, 0.05) is 18.7 Å². The van der Waals surface area contributed by atoms with Crippen molar-refractivity contribution in [3.63, 3.8) is 0 Å². The number of nitrogens with one attached hydrogen (secondary N) is 1. The number of amides is 1. The van der Waals surface area contributed by atoms with Gasteiger partial charge in [-0.25, -0.2) is 0 Å². The average molecular weight is 260 g/mol. The highest BCUT2D eigenvalue weighted by Crippen LogP contribution is 2.13. The number of benzene rings is 1. The van der Waals surface area contributed by atoms with Gasteiger partial charge in [-0.3, -0.25) is 4.79 Å². The molecule has 0 saturated carbocycles. The van der Waals surface area contributed by atoms with Crippen molar-refractivity contribution in [2.75, 3.05) is 26.7 Å².